The maximum absolute atomic E-state index is 12.5. The minimum atomic E-state index is -0.652. The van der Waals surface area contributed by atoms with E-state index in [-0.39, 0.29) is 37.4 Å². The summed E-state index contributed by atoms with van der Waals surface area (Å²) in [6.07, 6.45) is -0.218. The van der Waals surface area contributed by atoms with E-state index in [1.54, 1.807) is 50.2 Å². The monoisotopic (exact) mass is 437 g/mol. The summed E-state index contributed by atoms with van der Waals surface area (Å²) in [6.45, 7) is 7.20. The van der Waals surface area contributed by atoms with E-state index >= 15 is 0 Å². The van der Waals surface area contributed by atoms with Crippen molar-refractivity contribution in [2.45, 2.75) is 40.2 Å². The summed E-state index contributed by atoms with van der Waals surface area (Å²) >= 11 is 0. The van der Waals surface area contributed by atoms with Crippen molar-refractivity contribution in [2.24, 2.45) is 5.92 Å². The maximum atomic E-state index is 12.5. The third kappa shape index (κ3) is 5.41. The van der Waals surface area contributed by atoms with Crippen LogP contribution in [0.15, 0.2) is 42.5 Å². The standard InChI is InChI=1S/C25H27NO6/c1-15(2)32-25(30)18-7-9-21(10-8-18)26-13-20(12-23(26)28)24(29)31-14-22(27)19-6-5-16(3)17(4)11-19/h5-11,15,20H,12-14H2,1-4H3/t20-/m0/s1. The minimum absolute atomic E-state index is 0.00774. The van der Waals surface area contributed by atoms with Crippen LogP contribution in [0.3, 0.4) is 0 Å². The summed E-state index contributed by atoms with van der Waals surface area (Å²) in [5.41, 5.74) is 3.52. The Bertz CT molecular complexity index is 1040. The van der Waals surface area contributed by atoms with Crippen molar-refractivity contribution in [3.8, 4) is 0 Å². The van der Waals surface area contributed by atoms with E-state index in [4.69, 9.17) is 9.47 Å². The summed E-state index contributed by atoms with van der Waals surface area (Å²) in [5, 5.41) is 0. The number of rotatable bonds is 7. The molecule has 2 aromatic rings. The Labute approximate surface area is 187 Å². The fourth-order valence-corrected chi connectivity index (χ4v) is 3.43. The summed E-state index contributed by atoms with van der Waals surface area (Å²) in [6, 6.07) is 11.8. The lowest BCUT2D eigenvalue weighted by Gasteiger charge is -2.17. The van der Waals surface area contributed by atoms with Gasteiger partial charge in [0.2, 0.25) is 5.91 Å². The highest BCUT2D eigenvalue weighted by Gasteiger charge is 2.36. The van der Waals surface area contributed by atoms with Gasteiger partial charge in [0.15, 0.2) is 12.4 Å². The largest absolute Gasteiger partial charge is 0.459 e. The second-order valence-corrected chi connectivity index (χ2v) is 8.24. The van der Waals surface area contributed by atoms with Gasteiger partial charge in [0.05, 0.1) is 17.6 Å². The molecular formula is C25H27NO6. The third-order valence-electron chi connectivity index (χ3n) is 5.39. The number of Topliss-reactive ketones (excluding diaryl/α,β-unsaturated/α-hetero) is 1. The number of carbonyl (C=O) groups excluding carboxylic acids is 4. The predicted molar refractivity (Wildman–Crippen MR) is 119 cm³/mol. The molecule has 1 aliphatic rings. The molecule has 3 rings (SSSR count). The predicted octanol–water partition coefficient (Wildman–Crippen LogP) is 3.65. The average molecular weight is 437 g/mol. The normalized spacial score (nSPS) is 15.7. The Kier molecular flexibility index (Phi) is 7.08. The zero-order valence-corrected chi connectivity index (χ0v) is 18.7. The Morgan fingerprint density at radius 3 is 2.28 bits per heavy atom. The molecule has 0 N–H and O–H groups in total. The zero-order chi connectivity index (χ0) is 23.4. The number of hydrogen-bond donors (Lipinski definition) is 0. The van der Waals surface area contributed by atoms with Gasteiger partial charge in [-0.3, -0.25) is 14.4 Å². The van der Waals surface area contributed by atoms with Gasteiger partial charge in [0.25, 0.3) is 0 Å². The summed E-state index contributed by atoms with van der Waals surface area (Å²) in [7, 11) is 0. The van der Waals surface area contributed by atoms with Gasteiger partial charge in [-0.2, -0.15) is 0 Å². The van der Waals surface area contributed by atoms with Gasteiger partial charge < -0.3 is 14.4 Å². The second-order valence-electron chi connectivity index (χ2n) is 8.24. The Morgan fingerprint density at radius 1 is 1.00 bits per heavy atom. The van der Waals surface area contributed by atoms with E-state index in [1.165, 1.54) is 4.90 Å². The Morgan fingerprint density at radius 2 is 1.66 bits per heavy atom. The Balaban J connectivity index is 1.57. The second kappa shape index (κ2) is 9.77. The lowest BCUT2D eigenvalue weighted by Crippen LogP contribution is -2.27. The molecule has 1 fully saturated rings. The number of aryl methyl sites for hydroxylation is 2. The number of ketones is 1. The van der Waals surface area contributed by atoms with Crippen molar-refractivity contribution in [1.82, 2.24) is 0 Å². The fourth-order valence-electron chi connectivity index (χ4n) is 3.43. The molecule has 1 aliphatic heterocycles. The van der Waals surface area contributed by atoms with Crippen molar-refractivity contribution in [3.05, 3.63) is 64.7 Å². The lowest BCUT2D eigenvalue weighted by atomic mass is 10.0. The molecule has 0 saturated carbocycles. The summed E-state index contributed by atoms with van der Waals surface area (Å²) < 4.78 is 10.4. The molecule has 1 heterocycles. The van der Waals surface area contributed by atoms with E-state index in [9.17, 15) is 19.2 Å². The van der Waals surface area contributed by atoms with Crippen LogP contribution in [0.1, 0.15) is 52.1 Å². The molecule has 0 aliphatic carbocycles. The summed E-state index contributed by atoms with van der Waals surface area (Å²) in [5.74, 6) is -2.17. The van der Waals surface area contributed by atoms with Crippen molar-refractivity contribution >= 4 is 29.3 Å². The Hall–Kier alpha value is -3.48. The quantitative estimate of drug-likeness (QED) is 0.485. The van der Waals surface area contributed by atoms with Crippen molar-refractivity contribution in [1.29, 1.82) is 0 Å². The number of hydrogen-bond acceptors (Lipinski definition) is 6. The van der Waals surface area contributed by atoms with E-state index in [0.29, 0.717) is 16.8 Å². The number of nitrogens with zero attached hydrogens (tertiary/aromatic N) is 1. The number of esters is 2. The molecule has 2 aromatic carbocycles. The van der Waals surface area contributed by atoms with Crippen molar-refractivity contribution in [3.63, 3.8) is 0 Å². The van der Waals surface area contributed by atoms with E-state index in [2.05, 4.69) is 0 Å². The first-order valence-electron chi connectivity index (χ1n) is 10.5. The summed E-state index contributed by atoms with van der Waals surface area (Å²) in [4.78, 5) is 50.7. The van der Waals surface area contributed by atoms with Crippen LogP contribution in [0.2, 0.25) is 0 Å². The van der Waals surface area contributed by atoms with E-state index in [1.807, 2.05) is 19.9 Å². The highest BCUT2D eigenvalue weighted by molar-refractivity contribution is 6.01. The molecule has 1 atom stereocenters. The number of anilines is 1. The fraction of sp³-hybridized carbons (Fsp3) is 0.360. The molecule has 7 heteroatoms. The third-order valence-corrected chi connectivity index (χ3v) is 5.39. The topological polar surface area (TPSA) is 90.0 Å². The number of amides is 1. The van der Waals surface area contributed by atoms with E-state index < -0.39 is 17.9 Å². The van der Waals surface area contributed by atoms with Crippen molar-refractivity contribution in [2.75, 3.05) is 18.1 Å². The zero-order valence-electron chi connectivity index (χ0n) is 18.7. The van der Waals surface area contributed by atoms with Gasteiger partial charge in [0.1, 0.15) is 0 Å². The molecule has 0 bridgehead atoms. The maximum Gasteiger partial charge on any atom is 0.338 e. The van der Waals surface area contributed by atoms with Gasteiger partial charge in [-0.05, 0) is 69.2 Å². The van der Waals surface area contributed by atoms with Crippen LogP contribution in [-0.4, -0.2) is 42.9 Å². The van der Waals surface area contributed by atoms with Gasteiger partial charge in [-0.25, -0.2) is 4.79 Å². The molecule has 0 unspecified atom stereocenters. The first-order chi connectivity index (χ1) is 15.2. The smallest absolute Gasteiger partial charge is 0.338 e. The minimum Gasteiger partial charge on any atom is -0.459 e. The number of benzene rings is 2. The lowest BCUT2D eigenvalue weighted by molar-refractivity contribution is -0.147. The van der Waals surface area contributed by atoms with Crippen LogP contribution in [-0.2, 0) is 19.1 Å². The average Bonchev–Trinajstić information content (AvgIpc) is 3.15. The van der Waals surface area contributed by atoms with Crippen LogP contribution in [0.5, 0.6) is 0 Å². The number of ether oxygens (including phenoxy) is 2. The van der Waals surface area contributed by atoms with Gasteiger partial charge in [0, 0.05) is 24.2 Å². The van der Waals surface area contributed by atoms with Crippen molar-refractivity contribution < 1.29 is 28.7 Å². The molecule has 0 radical (unpaired) electrons. The van der Waals surface area contributed by atoms with E-state index in [0.717, 1.165) is 11.1 Å². The van der Waals surface area contributed by atoms with Crippen LogP contribution >= 0.6 is 0 Å². The highest BCUT2D eigenvalue weighted by atomic mass is 16.5. The molecule has 1 amide bonds. The van der Waals surface area contributed by atoms with Crippen LogP contribution < -0.4 is 4.90 Å². The van der Waals surface area contributed by atoms with Gasteiger partial charge >= 0.3 is 11.9 Å². The first-order valence-corrected chi connectivity index (χ1v) is 10.5. The van der Waals surface area contributed by atoms with Gasteiger partial charge in [-0.15, -0.1) is 0 Å². The van der Waals surface area contributed by atoms with Crippen LogP contribution in [0.25, 0.3) is 0 Å². The molecule has 1 saturated heterocycles. The first kappa shape index (κ1) is 23.2. The molecule has 0 spiro atoms. The number of carbonyl (C=O) groups is 4. The van der Waals surface area contributed by atoms with Crippen LogP contribution in [0.4, 0.5) is 5.69 Å². The molecule has 32 heavy (non-hydrogen) atoms. The van der Waals surface area contributed by atoms with Gasteiger partial charge in [-0.1, -0.05) is 12.1 Å². The van der Waals surface area contributed by atoms with Crippen LogP contribution in [0, 0.1) is 19.8 Å². The molecule has 7 nitrogen and oxygen atoms in total. The SMILES string of the molecule is Cc1ccc(C(=O)COC(=O)[C@H]2CC(=O)N(c3ccc(C(=O)OC(C)C)cc3)C2)cc1C. The molecule has 0 aromatic heterocycles. The molecular weight excluding hydrogens is 410 g/mol. The molecule has 168 valence electrons. The highest BCUT2D eigenvalue weighted by Crippen LogP contribution is 2.26.